The molecule has 17 heavy (non-hydrogen) atoms. The maximum atomic E-state index is 11.0. The molecule has 2 heterocycles. The zero-order chi connectivity index (χ0) is 12.3. The topological polar surface area (TPSA) is 72.1 Å². The lowest BCUT2D eigenvalue weighted by atomic mass is 9.96. The minimum atomic E-state index is -0.184. The predicted molar refractivity (Wildman–Crippen MR) is 64.2 cm³/mol. The number of carbonyl (C=O) groups is 1. The van der Waals surface area contributed by atoms with Crippen LogP contribution in [0.2, 0.25) is 5.15 Å². The summed E-state index contributed by atoms with van der Waals surface area (Å²) in [6.45, 7) is 2.49. The molecular weight excluding hydrogens is 240 g/mol. The molecule has 2 rings (SSSR count). The standard InChI is InChI=1S/C11H15ClN4O/c12-10-6-14-9(5-15-10)7-16-3-1-8(2-4-16)11(13)17/h5-6,8H,1-4,7H2,(H2,13,17). The monoisotopic (exact) mass is 254 g/mol. The van der Waals surface area contributed by atoms with Crippen LogP contribution >= 0.6 is 11.6 Å². The summed E-state index contributed by atoms with van der Waals surface area (Å²) in [5.41, 5.74) is 6.18. The van der Waals surface area contributed by atoms with Crippen molar-refractivity contribution in [1.29, 1.82) is 0 Å². The van der Waals surface area contributed by atoms with Crippen molar-refractivity contribution in [3.8, 4) is 0 Å². The maximum absolute atomic E-state index is 11.0. The average molecular weight is 255 g/mol. The highest BCUT2D eigenvalue weighted by molar-refractivity contribution is 6.29. The van der Waals surface area contributed by atoms with Crippen LogP contribution in [0.5, 0.6) is 0 Å². The molecule has 2 N–H and O–H groups in total. The summed E-state index contributed by atoms with van der Waals surface area (Å²) in [6, 6.07) is 0. The smallest absolute Gasteiger partial charge is 0.220 e. The van der Waals surface area contributed by atoms with E-state index < -0.39 is 0 Å². The molecule has 92 valence electrons. The Morgan fingerprint density at radius 2 is 2.12 bits per heavy atom. The minimum Gasteiger partial charge on any atom is -0.369 e. The van der Waals surface area contributed by atoms with E-state index in [1.807, 2.05) is 0 Å². The normalized spacial score (nSPS) is 18.2. The largest absolute Gasteiger partial charge is 0.369 e. The quantitative estimate of drug-likeness (QED) is 0.867. The van der Waals surface area contributed by atoms with Crippen molar-refractivity contribution in [2.75, 3.05) is 13.1 Å². The van der Waals surface area contributed by atoms with Gasteiger partial charge in [-0.25, -0.2) is 4.98 Å². The lowest BCUT2D eigenvalue weighted by molar-refractivity contribution is -0.123. The molecule has 1 aliphatic rings. The number of piperidine rings is 1. The number of primary amides is 1. The fraction of sp³-hybridized carbons (Fsp3) is 0.545. The van der Waals surface area contributed by atoms with Crippen LogP contribution in [0.15, 0.2) is 12.4 Å². The maximum Gasteiger partial charge on any atom is 0.220 e. The van der Waals surface area contributed by atoms with E-state index in [4.69, 9.17) is 17.3 Å². The molecule has 1 aromatic heterocycles. The van der Waals surface area contributed by atoms with Gasteiger partial charge in [0, 0.05) is 12.5 Å². The van der Waals surface area contributed by atoms with Gasteiger partial charge in [-0.15, -0.1) is 0 Å². The molecule has 1 aliphatic heterocycles. The van der Waals surface area contributed by atoms with Crippen LogP contribution in [-0.2, 0) is 11.3 Å². The third kappa shape index (κ3) is 3.38. The Bertz CT molecular complexity index is 387. The molecule has 1 aromatic rings. The Morgan fingerprint density at radius 3 is 2.65 bits per heavy atom. The predicted octanol–water partition coefficient (Wildman–Crippen LogP) is 0.827. The van der Waals surface area contributed by atoms with E-state index in [1.165, 1.54) is 0 Å². The molecule has 0 unspecified atom stereocenters. The van der Waals surface area contributed by atoms with Crippen LogP contribution in [0.1, 0.15) is 18.5 Å². The van der Waals surface area contributed by atoms with Gasteiger partial charge >= 0.3 is 0 Å². The Kier molecular flexibility index (Phi) is 3.91. The second-order valence-corrected chi connectivity index (χ2v) is 4.67. The summed E-state index contributed by atoms with van der Waals surface area (Å²) in [7, 11) is 0. The second-order valence-electron chi connectivity index (χ2n) is 4.28. The van der Waals surface area contributed by atoms with Gasteiger partial charge in [-0.2, -0.15) is 0 Å². The number of rotatable bonds is 3. The molecule has 1 saturated heterocycles. The first-order valence-electron chi connectivity index (χ1n) is 5.63. The lowest BCUT2D eigenvalue weighted by Gasteiger charge is -2.29. The number of hydrogen-bond acceptors (Lipinski definition) is 4. The van der Waals surface area contributed by atoms with Gasteiger partial charge in [0.1, 0.15) is 5.15 Å². The molecule has 1 amide bonds. The van der Waals surface area contributed by atoms with Gasteiger partial charge < -0.3 is 5.73 Å². The summed E-state index contributed by atoms with van der Waals surface area (Å²) in [6.07, 6.45) is 4.89. The molecule has 6 heteroatoms. The Labute approximate surface area is 105 Å². The molecule has 1 fully saturated rings. The molecule has 5 nitrogen and oxygen atoms in total. The van der Waals surface area contributed by atoms with Gasteiger partial charge in [0.25, 0.3) is 0 Å². The van der Waals surface area contributed by atoms with Crippen molar-refractivity contribution >= 4 is 17.5 Å². The zero-order valence-corrected chi connectivity index (χ0v) is 10.2. The number of nitrogens with zero attached hydrogens (tertiary/aromatic N) is 3. The first-order chi connectivity index (χ1) is 8.15. The van der Waals surface area contributed by atoms with Gasteiger partial charge in [0.05, 0.1) is 18.1 Å². The second kappa shape index (κ2) is 5.42. The number of carbonyl (C=O) groups excluding carboxylic acids is 1. The molecule has 0 aliphatic carbocycles. The average Bonchev–Trinajstić information content (AvgIpc) is 2.33. The molecule has 0 saturated carbocycles. The zero-order valence-electron chi connectivity index (χ0n) is 9.47. The summed E-state index contributed by atoms with van der Waals surface area (Å²) in [5.74, 6) is -0.154. The van der Waals surface area contributed by atoms with Crippen LogP contribution < -0.4 is 5.73 Å². The molecule has 0 spiro atoms. The number of amides is 1. The molecular formula is C11H15ClN4O. The van der Waals surface area contributed by atoms with Crippen LogP contribution in [0.3, 0.4) is 0 Å². The number of likely N-dealkylation sites (tertiary alicyclic amines) is 1. The van der Waals surface area contributed by atoms with Gasteiger partial charge in [-0.1, -0.05) is 11.6 Å². The van der Waals surface area contributed by atoms with Gasteiger partial charge in [0.15, 0.2) is 0 Å². The summed E-state index contributed by atoms with van der Waals surface area (Å²) in [5, 5.41) is 0.404. The molecule has 0 radical (unpaired) electrons. The molecule has 0 aromatic carbocycles. The van der Waals surface area contributed by atoms with Gasteiger partial charge in [0.2, 0.25) is 5.91 Å². The number of aromatic nitrogens is 2. The first kappa shape index (κ1) is 12.3. The highest BCUT2D eigenvalue weighted by Gasteiger charge is 2.23. The molecule has 0 bridgehead atoms. The third-order valence-electron chi connectivity index (χ3n) is 3.05. The van der Waals surface area contributed by atoms with Crippen LogP contribution in [0.4, 0.5) is 0 Å². The minimum absolute atomic E-state index is 0.0301. The van der Waals surface area contributed by atoms with Crippen molar-refractivity contribution in [3.05, 3.63) is 23.2 Å². The van der Waals surface area contributed by atoms with Crippen molar-refractivity contribution < 1.29 is 4.79 Å². The number of nitrogens with two attached hydrogens (primary N) is 1. The van der Waals surface area contributed by atoms with Crippen molar-refractivity contribution in [2.24, 2.45) is 11.7 Å². The van der Waals surface area contributed by atoms with Crippen molar-refractivity contribution in [1.82, 2.24) is 14.9 Å². The fourth-order valence-corrected chi connectivity index (χ4v) is 2.12. The summed E-state index contributed by atoms with van der Waals surface area (Å²) < 4.78 is 0. The van der Waals surface area contributed by atoms with Crippen LogP contribution in [-0.4, -0.2) is 33.9 Å². The SMILES string of the molecule is NC(=O)C1CCN(Cc2cnc(Cl)cn2)CC1. The van der Waals surface area contributed by atoms with Gasteiger partial charge in [-0.05, 0) is 25.9 Å². The van der Waals surface area contributed by atoms with Gasteiger partial charge in [-0.3, -0.25) is 14.7 Å². The Hall–Kier alpha value is -1.20. The van der Waals surface area contributed by atoms with E-state index in [1.54, 1.807) is 12.4 Å². The highest BCUT2D eigenvalue weighted by Crippen LogP contribution is 2.18. The van der Waals surface area contributed by atoms with Crippen LogP contribution in [0.25, 0.3) is 0 Å². The Balaban J connectivity index is 1.85. The number of hydrogen-bond donors (Lipinski definition) is 1. The van der Waals surface area contributed by atoms with Crippen LogP contribution in [0, 0.1) is 5.92 Å². The van der Waals surface area contributed by atoms with Crippen molar-refractivity contribution in [3.63, 3.8) is 0 Å². The summed E-state index contributed by atoms with van der Waals surface area (Å²) in [4.78, 5) is 21.5. The van der Waals surface area contributed by atoms with E-state index in [2.05, 4.69) is 14.9 Å². The molecule has 0 atom stereocenters. The van der Waals surface area contributed by atoms with E-state index in [0.717, 1.165) is 38.2 Å². The fourth-order valence-electron chi connectivity index (χ4n) is 2.03. The van der Waals surface area contributed by atoms with E-state index in [-0.39, 0.29) is 11.8 Å². The summed E-state index contributed by atoms with van der Waals surface area (Å²) >= 11 is 5.67. The Morgan fingerprint density at radius 1 is 1.41 bits per heavy atom. The van der Waals surface area contributed by atoms with E-state index in [0.29, 0.717) is 5.15 Å². The number of halogens is 1. The van der Waals surface area contributed by atoms with E-state index >= 15 is 0 Å². The van der Waals surface area contributed by atoms with E-state index in [9.17, 15) is 4.79 Å². The highest BCUT2D eigenvalue weighted by atomic mass is 35.5. The third-order valence-corrected chi connectivity index (χ3v) is 3.24. The van der Waals surface area contributed by atoms with Crippen molar-refractivity contribution in [2.45, 2.75) is 19.4 Å². The lowest BCUT2D eigenvalue weighted by Crippen LogP contribution is -2.38. The first-order valence-corrected chi connectivity index (χ1v) is 6.01.